The minimum atomic E-state index is 0.399. The van der Waals surface area contributed by atoms with Crippen LogP contribution in [0, 0.1) is 34.6 Å². The van der Waals surface area contributed by atoms with E-state index in [1.165, 1.54) is 0 Å². The average molecular weight is 504 g/mol. The summed E-state index contributed by atoms with van der Waals surface area (Å²) in [5.41, 5.74) is 3.39. The molecular weight excluding hydrogens is 486 g/mol. The van der Waals surface area contributed by atoms with Crippen LogP contribution in [-0.2, 0) is 0 Å². The maximum atomic E-state index is 9.47. The Morgan fingerprint density at radius 2 is 1.03 bits per heavy atom. The summed E-state index contributed by atoms with van der Waals surface area (Å²) in [5, 5.41) is 33.1. The second kappa shape index (κ2) is 9.79. The Labute approximate surface area is 223 Å². The molecule has 0 heterocycles. The lowest BCUT2D eigenvalue weighted by atomic mass is 9.88. The molecule has 0 unspecified atom stereocenters. The van der Waals surface area contributed by atoms with Crippen LogP contribution in [0.25, 0.3) is 54.6 Å². The van der Waals surface area contributed by atoms with Gasteiger partial charge >= 0.3 is 0 Å². The van der Waals surface area contributed by atoms with Crippen LogP contribution in [0.1, 0.15) is 0 Å². The van der Waals surface area contributed by atoms with Gasteiger partial charge in [0.1, 0.15) is 5.75 Å². The van der Waals surface area contributed by atoms with E-state index in [0.29, 0.717) is 17.2 Å². The summed E-state index contributed by atoms with van der Waals surface area (Å²) >= 11 is 0. The Balaban J connectivity index is 1.72. The van der Waals surface area contributed by atoms with Crippen LogP contribution in [0.2, 0.25) is 0 Å². The maximum Gasteiger partial charge on any atom is 0.292 e. The number of ether oxygens (including phenoxy) is 3. The summed E-state index contributed by atoms with van der Waals surface area (Å²) in [6.45, 7) is 0. The minimum absolute atomic E-state index is 0.399. The van der Waals surface area contributed by atoms with Crippen LogP contribution in [0.3, 0.4) is 0 Å². The Morgan fingerprint density at radius 1 is 0.436 bits per heavy atom. The topological polar surface area (TPSA) is 99.1 Å². The lowest BCUT2D eigenvalue weighted by Crippen LogP contribution is -1.93. The van der Waals surface area contributed by atoms with Crippen molar-refractivity contribution in [1.29, 1.82) is 15.8 Å². The standard InChI is InChI=1S/C33H17N3O3/c34-18-37-23-16-22-6-1-2-9-24(22)29(17-23)28-15-14-25(27-11-5-13-31(33(27)28)39-20-36)26-10-3-7-21-8-4-12-30(32(21)26)38-19-35/h1-17H. The largest absolute Gasteiger partial charge is 0.388 e. The van der Waals surface area contributed by atoms with Gasteiger partial charge in [-0.3, -0.25) is 0 Å². The summed E-state index contributed by atoms with van der Waals surface area (Å²) in [4.78, 5) is 0. The third-order valence-electron chi connectivity index (χ3n) is 6.76. The van der Waals surface area contributed by atoms with E-state index in [4.69, 9.17) is 14.2 Å². The monoisotopic (exact) mass is 503 g/mol. The molecule has 0 aliphatic carbocycles. The SMILES string of the molecule is N#COc1cc(-c2ccc(-c3cccc4cccc(OC#N)c34)c3cccc(OC#N)c23)c2ccccc2c1. The third-order valence-corrected chi connectivity index (χ3v) is 6.76. The van der Waals surface area contributed by atoms with Gasteiger partial charge < -0.3 is 14.2 Å². The number of rotatable bonds is 5. The number of nitrogens with zero attached hydrogens (tertiary/aromatic N) is 3. The van der Waals surface area contributed by atoms with Gasteiger partial charge in [0.25, 0.3) is 18.8 Å². The van der Waals surface area contributed by atoms with Crippen LogP contribution in [0.5, 0.6) is 17.2 Å². The molecule has 0 radical (unpaired) electrons. The summed E-state index contributed by atoms with van der Waals surface area (Å²) < 4.78 is 16.0. The third kappa shape index (κ3) is 3.98. The lowest BCUT2D eigenvalue weighted by Gasteiger charge is -2.17. The first-order valence-electron chi connectivity index (χ1n) is 12.0. The highest BCUT2D eigenvalue weighted by Crippen LogP contribution is 2.45. The molecule has 0 aliphatic rings. The van der Waals surface area contributed by atoms with Gasteiger partial charge in [0.05, 0.1) is 0 Å². The molecule has 0 spiro atoms. The van der Waals surface area contributed by atoms with Gasteiger partial charge in [0.15, 0.2) is 11.5 Å². The average Bonchev–Trinajstić information content (AvgIpc) is 2.97. The zero-order valence-corrected chi connectivity index (χ0v) is 20.4. The normalized spacial score (nSPS) is 10.5. The van der Waals surface area contributed by atoms with E-state index in [1.807, 2.05) is 97.3 Å². The summed E-state index contributed by atoms with van der Waals surface area (Å²) in [7, 11) is 0. The summed E-state index contributed by atoms with van der Waals surface area (Å²) in [5.74, 6) is 1.27. The molecule has 0 atom stereocenters. The van der Waals surface area contributed by atoms with Crippen LogP contribution in [0.15, 0.2) is 103 Å². The quantitative estimate of drug-likeness (QED) is 0.221. The molecule has 39 heavy (non-hydrogen) atoms. The van der Waals surface area contributed by atoms with Crippen molar-refractivity contribution in [1.82, 2.24) is 0 Å². The molecule has 6 nitrogen and oxygen atoms in total. The van der Waals surface area contributed by atoms with Crippen molar-refractivity contribution in [2.45, 2.75) is 0 Å². The molecule has 6 aromatic rings. The predicted octanol–water partition coefficient (Wildman–Crippen LogP) is 8.06. The van der Waals surface area contributed by atoms with Crippen molar-refractivity contribution in [2.75, 3.05) is 0 Å². The van der Waals surface area contributed by atoms with Crippen molar-refractivity contribution in [3.05, 3.63) is 103 Å². The number of benzene rings is 6. The molecule has 182 valence electrons. The number of nitriles is 3. The molecule has 0 aliphatic heterocycles. The second-order valence-electron chi connectivity index (χ2n) is 8.77. The van der Waals surface area contributed by atoms with E-state index < -0.39 is 0 Å². The first-order chi connectivity index (χ1) is 19.2. The van der Waals surface area contributed by atoms with E-state index in [9.17, 15) is 15.8 Å². The van der Waals surface area contributed by atoms with Gasteiger partial charge in [-0.25, -0.2) is 0 Å². The van der Waals surface area contributed by atoms with E-state index in [2.05, 4.69) is 0 Å². The fraction of sp³-hybridized carbons (Fsp3) is 0. The van der Waals surface area contributed by atoms with Crippen LogP contribution in [0.4, 0.5) is 0 Å². The maximum absolute atomic E-state index is 9.47. The molecule has 6 heteroatoms. The van der Waals surface area contributed by atoms with Gasteiger partial charge in [-0.05, 0) is 68.1 Å². The molecule has 0 saturated carbocycles. The molecule has 0 N–H and O–H groups in total. The highest BCUT2D eigenvalue weighted by atomic mass is 16.5. The summed E-state index contributed by atoms with van der Waals surface area (Å²) in [6, 6.07) is 32.5. The Bertz CT molecular complexity index is 2040. The molecule has 6 aromatic carbocycles. The van der Waals surface area contributed by atoms with Crippen molar-refractivity contribution in [3.63, 3.8) is 0 Å². The van der Waals surface area contributed by atoms with Crippen LogP contribution < -0.4 is 14.2 Å². The molecule has 0 fully saturated rings. The van der Waals surface area contributed by atoms with E-state index >= 15 is 0 Å². The first kappa shape index (κ1) is 23.4. The predicted molar refractivity (Wildman–Crippen MR) is 149 cm³/mol. The van der Waals surface area contributed by atoms with Crippen LogP contribution >= 0.6 is 0 Å². The van der Waals surface area contributed by atoms with Gasteiger partial charge in [-0.1, -0.05) is 78.9 Å². The van der Waals surface area contributed by atoms with Crippen molar-refractivity contribution < 1.29 is 14.2 Å². The van der Waals surface area contributed by atoms with Gasteiger partial charge in [0.2, 0.25) is 0 Å². The molecule has 0 amide bonds. The molecule has 0 aromatic heterocycles. The minimum Gasteiger partial charge on any atom is -0.388 e. The van der Waals surface area contributed by atoms with Crippen molar-refractivity contribution >= 4 is 32.3 Å². The molecule has 0 saturated heterocycles. The fourth-order valence-electron chi connectivity index (χ4n) is 5.25. The number of hydrogen-bond acceptors (Lipinski definition) is 6. The molecule has 6 rings (SSSR count). The summed E-state index contributed by atoms with van der Waals surface area (Å²) in [6.07, 6.45) is 5.36. The van der Waals surface area contributed by atoms with E-state index in [0.717, 1.165) is 54.6 Å². The first-order valence-corrected chi connectivity index (χ1v) is 12.0. The zero-order valence-electron chi connectivity index (χ0n) is 20.4. The number of fused-ring (bicyclic) bond motifs is 3. The van der Waals surface area contributed by atoms with Crippen molar-refractivity contribution in [3.8, 4) is 58.3 Å². The number of hydrogen-bond donors (Lipinski definition) is 0. The second-order valence-corrected chi connectivity index (χ2v) is 8.77. The Kier molecular flexibility index (Phi) is 5.87. The molecular formula is C33H17N3O3. The van der Waals surface area contributed by atoms with Gasteiger partial charge in [0, 0.05) is 10.8 Å². The van der Waals surface area contributed by atoms with E-state index in [1.54, 1.807) is 24.6 Å². The zero-order chi connectivity index (χ0) is 26.8. The van der Waals surface area contributed by atoms with Gasteiger partial charge in [-0.2, -0.15) is 0 Å². The highest BCUT2D eigenvalue weighted by molar-refractivity contribution is 6.15. The Morgan fingerprint density at radius 3 is 1.79 bits per heavy atom. The van der Waals surface area contributed by atoms with Crippen molar-refractivity contribution in [2.24, 2.45) is 0 Å². The fourth-order valence-corrected chi connectivity index (χ4v) is 5.25. The van der Waals surface area contributed by atoms with E-state index in [-0.39, 0.29) is 0 Å². The molecule has 0 bridgehead atoms. The van der Waals surface area contributed by atoms with Gasteiger partial charge in [-0.15, -0.1) is 15.8 Å². The Hall–Kier alpha value is -6.03. The van der Waals surface area contributed by atoms with Crippen LogP contribution in [-0.4, -0.2) is 0 Å². The lowest BCUT2D eigenvalue weighted by molar-refractivity contribution is 0.508. The highest BCUT2D eigenvalue weighted by Gasteiger charge is 2.19. The smallest absolute Gasteiger partial charge is 0.292 e.